The number of nitrogens with one attached hydrogen (secondary N) is 4. The Balaban J connectivity index is 1.45. The molecule has 0 atom stereocenters. The third kappa shape index (κ3) is 8.31. The van der Waals surface area contributed by atoms with E-state index in [1.54, 1.807) is 48.5 Å². The highest BCUT2D eigenvalue weighted by Crippen LogP contribution is 2.11. The monoisotopic (exact) mass is 384 g/mol. The molecule has 0 radical (unpaired) electrons. The summed E-state index contributed by atoms with van der Waals surface area (Å²) < 4.78 is 0. The first kappa shape index (κ1) is 20.9. The summed E-state index contributed by atoms with van der Waals surface area (Å²) >= 11 is 0. The Morgan fingerprint density at radius 1 is 0.607 bits per heavy atom. The SMILES string of the molecule is Nc1ccc(NC(=O)NCCCCCCNC(=O)Nc2ccc(N)cc2)cc1. The van der Waals surface area contributed by atoms with Crippen molar-refractivity contribution in [1.29, 1.82) is 0 Å². The van der Waals surface area contributed by atoms with Crippen molar-refractivity contribution >= 4 is 34.8 Å². The van der Waals surface area contributed by atoms with Crippen LogP contribution >= 0.6 is 0 Å². The van der Waals surface area contributed by atoms with Gasteiger partial charge in [0.05, 0.1) is 0 Å². The predicted octanol–water partition coefficient (Wildman–Crippen LogP) is 3.35. The van der Waals surface area contributed by atoms with Gasteiger partial charge in [0.25, 0.3) is 0 Å². The van der Waals surface area contributed by atoms with Crippen LogP contribution in [0.15, 0.2) is 48.5 Å². The topological polar surface area (TPSA) is 134 Å². The number of benzene rings is 2. The summed E-state index contributed by atoms with van der Waals surface area (Å²) in [6, 6.07) is 13.5. The number of unbranched alkanes of at least 4 members (excludes halogenated alkanes) is 3. The van der Waals surface area contributed by atoms with E-state index in [9.17, 15) is 9.59 Å². The molecule has 2 rings (SSSR count). The van der Waals surface area contributed by atoms with Crippen molar-refractivity contribution in [1.82, 2.24) is 10.6 Å². The normalized spacial score (nSPS) is 10.1. The van der Waals surface area contributed by atoms with Crippen LogP contribution in [0.25, 0.3) is 0 Å². The largest absolute Gasteiger partial charge is 0.399 e. The average Bonchev–Trinajstić information content (AvgIpc) is 2.67. The van der Waals surface area contributed by atoms with Gasteiger partial charge in [0.1, 0.15) is 0 Å². The molecule has 0 aliphatic rings. The van der Waals surface area contributed by atoms with E-state index < -0.39 is 0 Å². The highest BCUT2D eigenvalue weighted by molar-refractivity contribution is 5.89. The van der Waals surface area contributed by atoms with E-state index in [0.717, 1.165) is 25.7 Å². The minimum absolute atomic E-state index is 0.231. The van der Waals surface area contributed by atoms with E-state index in [1.165, 1.54) is 0 Å². The summed E-state index contributed by atoms with van der Waals surface area (Å²) in [7, 11) is 0. The van der Waals surface area contributed by atoms with Crippen LogP contribution < -0.4 is 32.7 Å². The van der Waals surface area contributed by atoms with Gasteiger partial charge < -0.3 is 32.7 Å². The van der Waals surface area contributed by atoms with Crippen LogP contribution in [0.4, 0.5) is 32.3 Å². The molecule has 0 fully saturated rings. The molecule has 8 heteroatoms. The molecule has 0 saturated heterocycles. The van der Waals surface area contributed by atoms with Crippen LogP contribution in [0.5, 0.6) is 0 Å². The Morgan fingerprint density at radius 3 is 1.32 bits per heavy atom. The van der Waals surface area contributed by atoms with E-state index in [1.807, 2.05) is 0 Å². The van der Waals surface area contributed by atoms with Crippen molar-refractivity contribution in [2.24, 2.45) is 0 Å². The zero-order valence-electron chi connectivity index (χ0n) is 15.8. The number of carbonyl (C=O) groups excluding carboxylic acids is 2. The molecule has 0 bridgehead atoms. The second-order valence-corrected chi connectivity index (χ2v) is 6.42. The van der Waals surface area contributed by atoms with Crippen LogP contribution in [0.3, 0.4) is 0 Å². The summed E-state index contributed by atoms with van der Waals surface area (Å²) in [6.07, 6.45) is 3.71. The Morgan fingerprint density at radius 2 is 0.964 bits per heavy atom. The molecule has 2 aromatic carbocycles. The smallest absolute Gasteiger partial charge is 0.319 e. The highest BCUT2D eigenvalue weighted by atomic mass is 16.2. The number of nitrogens with two attached hydrogens (primary N) is 2. The van der Waals surface area contributed by atoms with Crippen molar-refractivity contribution in [2.75, 3.05) is 35.2 Å². The van der Waals surface area contributed by atoms with Gasteiger partial charge in [-0.15, -0.1) is 0 Å². The number of anilines is 4. The van der Waals surface area contributed by atoms with Gasteiger partial charge in [-0.3, -0.25) is 0 Å². The van der Waals surface area contributed by atoms with E-state index in [4.69, 9.17) is 11.5 Å². The molecule has 2 aromatic rings. The molecule has 0 spiro atoms. The molecule has 0 unspecified atom stereocenters. The second-order valence-electron chi connectivity index (χ2n) is 6.42. The first-order chi connectivity index (χ1) is 13.5. The van der Waals surface area contributed by atoms with Gasteiger partial charge >= 0.3 is 12.1 Å². The third-order valence-electron chi connectivity index (χ3n) is 4.01. The Kier molecular flexibility index (Phi) is 8.45. The molecular weight excluding hydrogens is 356 g/mol. The first-order valence-corrected chi connectivity index (χ1v) is 9.34. The maximum atomic E-state index is 11.8. The molecule has 28 heavy (non-hydrogen) atoms. The number of nitrogen functional groups attached to an aromatic ring is 2. The molecule has 0 aliphatic heterocycles. The standard InChI is InChI=1S/C20H28N6O2/c21-15-5-9-17(10-6-15)25-19(27)23-13-3-1-2-4-14-24-20(28)26-18-11-7-16(22)8-12-18/h5-12H,1-4,13-14,21-22H2,(H2,23,25,27)(H2,24,26,28). The molecular formula is C20H28N6O2. The summed E-state index contributed by atoms with van der Waals surface area (Å²) in [5.41, 5.74) is 13.9. The maximum Gasteiger partial charge on any atom is 0.319 e. The van der Waals surface area contributed by atoms with Crippen LogP contribution in [0.2, 0.25) is 0 Å². The Hall–Kier alpha value is -3.42. The van der Waals surface area contributed by atoms with Gasteiger partial charge in [-0.05, 0) is 61.4 Å². The van der Waals surface area contributed by atoms with Crippen molar-refractivity contribution in [2.45, 2.75) is 25.7 Å². The molecule has 0 aliphatic carbocycles. The van der Waals surface area contributed by atoms with Gasteiger partial charge in [-0.25, -0.2) is 9.59 Å². The van der Waals surface area contributed by atoms with Crippen molar-refractivity contribution in [3.63, 3.8) is 0 Å². The van der Waals surface area contributed by atoms with Gasteiger partial charge in [0, 0.05) is 35.8 Å². The Bertz CT molecular complexity index is 681. The summed E-state index contributed by atoms with van der Waals surface area (Å²) in [5.74, 6) is 0. The molecule has 0 saturated carbocycles. The van der Waals surface area contributed by atoms with Gasteiger partial charge in [0.15, 0.2) is 0 Å². The fourth-order valence-corrected chi connectivity index (χ4v) is 2.49. The van der Waals surface area contributed by atoms with Gasteiger partial charge in [-0.2, -0.15) is 0 Å². The molecule has 8 N–H and O–H groups in total. The van der Waals surface area contributed by atoms with E-state index in [2.05, 4.69) is 21.3 Å². The minimum Gasteiger partial charge on any atom is -0.399 e. The lowest BCUT2D eigenvalue weighted by atomic mass is 10.2. The predicted molar refractivity (Wildman–Crippen MR) is 114 cm³/mol. The van der Waals surface area contributed by atoms with Crippen LogP contribution in [-0.4, -0.2) is 25.2 Å². The number of carbonyl (C=O) groups is 2. The maximum absolute atomic E-state index is 11.8. The summed E-state index contributed by atoms with van der Waals surface area (Å²) in [6.45, 7) is 1.21. The lowest BCUT2D eigenvalue weighted by Gasteiger charge is -2.09. The van der Waals surface area contributed by atoms with Gasteiger partial charge in [-0.1, -0.05) is 12.8 Å². The number of urea groups is 2. The summed E-state index contributed by atoms with van der Waals surface area (Å²) in [4.78, 5) is 23.5. The summed E-state index contributed by atoms with van der Waals surface area (Å²) in [5, 5.41) is 11.1. The zero-order valence-corrected chi connectivity index (χ0v) is 15.8. The molecule has 4 amide bonds. The van der Waals surface area contributed by atoms with Crippen LogP contribution in [0, 0.1) is 0 Å². The molecule has 8 nitrogen and oxygen atoms in total. The fraction of sp³-hybridized carbons (Fsp3) is 0.300. The zero-order chi connectivity index (χ0) is 20.2. The van der Waals surface area contributed by atoms with E-state index >= 15 is 0 Å². The van der Waals surface area contributed by atoms with Gasteiger partial charge in [0.2, 0.25) is 0 Å². The number of hydrogen-bond acceptors (Lipinski definition) is 4. The van der Waals surface area contributed by atoms with Crippen LogP contribution in [0.1, 0.15) is 25.7 Å². The van der Waals surface area contributed by atoms with Crippen molar-refractivity contribution in [3.8, 4) is 0 Å². The van der Waals surface area contributed by atoms with Crippen molar-refractivity contribution < 1.29 is 9.59 Å². The Labute approximate surface area is 165 Å². The molecule has 150 valence electrons. The fourth-order valence-electron chi connectivity index (χ4n) is 2.49. The lowest BCUT2D eigenvalue weighted by Crippen LogP contribution is -2.30. The van der Waals surface area contributed by atoms with E-state index in [-0.39, 0.29) is 12.1 Å². The average molecular weight is 384 g/mol. The molecule has 0 heterocycles. The second kappa shape index (κ2) is 11.3. The number of rotatable bonds is 9. The van der Waals surface area contributed by atoms with Crippen LogP contribution in [-0.2, 0) is 0 Å². The lowest BCUT2D eigenvalue weighted by molar-refractivity contribution is 0.250. The highest BCUT2D eigenvalue weighted by Gasteiger charge is 2.02. The number of hydrogen-bond donors (Lipinski definition) is 6. The van der Waals surface area contributed by atoms with E-state index in [0.29, 0.717) is 35.8 Å². The first-order valence-electron chi connectivity index (χ1n) is 9.34. The minimum atomic E-state index is -0.231. The quantitative estimate of drug-likeness (QED) is 0.292. The number of amides is 4. The van der Waals surface area contributed by atoms with Crippen molar-refractivity contribution in [3.05, 3.63) is 48.5 Å². The third-order valence-corrected chi connectivity index (χ3v) is 4.01. The molecule has 0 aromatic heterocycles.